The van der Waals surface area contributed by atoms with Crippen molar-refractivity contribution in [1.29, 1.82) is 0 Å². The Morgan fingerprint density at radius 1 is 1.43 bits per heavy atom. The molecule has 80 valence electrons. The molecule has 0 unspecified atom stereocenters. The molecule has 0 aliphatic heterocycles. The highest BCUT2D eigenvalue weighted by Gasteiger charge is 2.10. The normalized spacial score (nSPS) is 9.93. The van der Waals surface area contributed by atoms with Crippen molar-refractivity contribution < 1.29 is 14.3 Å². The van der Waals surface area contributed by atoms with Crippen LogP contribution in [0.5, 0.6) is 0 Å². The number of hydrogen-bond acceptors (Lipinski definition) is 3. The molecule has 0 aliphatic carbocycles. The van der Waals surface area contributed by atoms with E-state index in [9.17, 15) is 9.59 Å². The maximum atomic E-state index is 11.1. The summed E-state index contributed by atoms with van der Waals surface area (Å²) in [6.07, 6.45) is 2.55. The molecule has 0 fully saturated rings. The lowest BCUT2D eigenvalue weighted by Gasteiger charge is -2.05. The summed E-state index contributed by atoms with van der Waals surface area (Å²) in [5.41, 5.74) is 0. The van der Waals surface area contributed by atoms with Crippen LogP contribution in [-0.4, -0.2) is 18.4 Å². The zero-order chi connectivity index (χ0) is 11.0. The predicted octanol–water partition coefficient (Wildman–Crippen LogP) is 2.11. The van der Waals surface area contributed by atoms with Gasteiger partial charge in [-0.3, -0.25) is 9.59 Å². The van der Waals surface area contributed by atoms with E-state index in [2.05, 4.69) is 6.58 Å². The highest BCUT2D eigenvalue weighted by Crippen LogP contribution is 1.99. The topological polar surface area (TPSA) is 43.4 Å². The highest BCUT2D eigenvalue weighted by molar-refractivity contribution is 5.95. The lowest BCUT2D eigenvalue weighted by molar-refractivity contribution is -0.147. The fourth-order valence-corrected chi connectivity index (χ4v) is 0.823. The molecule has 0 heterocycles. The van der Waals surface area contributed by atoms with Crippen LogP contribution in [0.15, 0.2) is 12.7 Å². The summed E-state index contributed by atoms with van der Waals surface area (Å²) in [5, 5.41) is 0. The zero-order valence-corrected chi connectivity index (χ0v) is 8.91. The van der Waals surface area contributed by atoms with Crippen LogP contribution in [-0.2, 0) is 14.3 Å². The van der Waals surface area contributed by atoms with Gasteiger partial charge in [-0.05, 0) is 12.3 Å². The molecule has 0 aromatic heterocycles. The van der Waals surface area contributed by atoms with Gasteiger partial charge in [0.2, 0.25) is 0 Å². The molecule has 0 N–H and O–H groups in total. The molecule has 0 spiro atoms. The molecule has 0 amide bonds. The van der Waals surface area contributed by atoms with Crippen molar-refractivity contribution in [1.82, 2.24) is 0 Å². The SMILES string of the molecule is C=CCCC(=O)CC(=O)OCC(C)C. The van der Waals surface area contributed by atoms with Crippen molar-refractivity contribution in [3.05, 3.63) is 12.7 Å². The average molecular weight is 198 g/mol. The second kappa shape index (κ2) is 7.30. The van der Waals surface area contributed by atoms with Gasteiger partial charge in [-0.1, -0.05) is 19.9 Å². The van der Waals surface area contributed by atoms with Crippen molar-refractivity contribution in [3.63, 3.8) is 0 Å². The molecule has 14 heavy (non-hydrogen) atoms. The number of hydrogen-bond donors (Lipinski definition) is 0. The number of carbonyl (C=O) groups excluding carboxylic acids is 2. The van der Waals surface area contributed by atoms with E-state index in [1.807, 2.05) is 13.8 Å². The number of rotatable bonds is 7. The van der Waals surface area contributed by atoms with Gasteiger partial charge in [0, 0.05) is 6.42 Å². The van der Waals surface area contributed by atoms with Crippen LogP contribution in [0.2, 0.25) is 0 Å². The molecule has 0 bridgehead atoms. The average Bonchev–Trinajstić information content (AvgIpc) is 2.11. The fourth-order valence-electron chi connectivity index (χ4n) is 0.823. The lowest BCUT2D eigenvalue weighted by atomic mass is 10.1. The number of esters is 1. The van der Waals surface area contributed by atoms with Crippen molar-refractivity contribution >= 4 is 11.8 Å². The van der Waals surface area contributed by atoms with Gasteiger partial charge in [-0.2, -0.15) is 0 Å². The lowest BCUT2D eigenvalue weighted by Crippen LogP contribution is -2.14. The van der Waals surface area contributed by atoms with Crippen LogP contribution in [0, 0.1) is 5.92 Å². The first-order valence-electron chi connectivity index (χ1n) is 4.84. The molecule has 0 radical (unpaired) electrons. The van der Waals surface area contributed by atoms with Crippen LogP contribution in [0.3, 0.4) is 0 Å². The van der Waals surface area contributed by atoms with Crippen molar-refractivity contribution in [2.45, 2.75) is 33.1 Å². The highest BCUT2D eigenvalue weighted by atomic mass is 16.5. The van der Waals surface area contributed by atoms with Gasteiger partial charge in [0.15, 0.2) is 0 Å². The molecule has 0 atom stereocenters. The Morgan fingerprint density at radius 2 is 2.07 bits per heavy atom. The molecule has 0 saturated heterocycles. The van der Waals surface area contributed by atoms with Gasteiger partial charge >= 0.3 is 5.97 Å². The minimum atomic E-state index is -0.423. The summed E-state index contributed by atoms with van der Waals surface area (Å²) in [5.74, 6) is -0.200. The Kier molecular flexibility index (Phi) is 6.72. The van der Waals surface area contributed by atoms with E-state index in [0.717, 1.165) is 0 Å². The smallest absolute Gasteiger partial charge is 0.313 e. The third kappa shape index (κ3) is 7.53. The van der Waals surface area contributed by atoms with Crippen LogP contribution in [0.25, 0.3) is 0 Å². The summed E-state index contributed by atoms with van der Waals surface area (Å²) >= 11 is 0. The monoisotopic (exact) mass is 198 g/mol. The van der Waals surface area contributed by atoms with Gasteiger partial charge in [0.1, 0.15) is 12.2 Å². The Hall–Kier alpha value is -1.12. The molecule has 3 nitrogen and oxygen atoms in total. The van der Waals surface area contributed by atoms with Crippen molar-refractivity contribution in [2.24, 2.45) is 5.92 Å². The minimum absolute atomic E-state index is 0.0846. The summed E-state index contributed by atoms with van der Waals surface area (Å²) in [6, 6.07) is 0. The van der Waals surface area contributed by atoms with E-state index in [1.54, 1.807) is 6.08 Å². The number of ketones is 1. The Bertz CT molecular complexity index is 207. The van der Waals surface area contributed by atoms with E-state index in [-0.39, 0.29) is 12.2 Å². The van der Waals surface area contributed by atoms with Crippen LogP contribution in [0.1, 0.15) is 33.1 Å². The first-order valence-corrected chi connectivity index (χ1v) is 4.84. The standard InChI is InChI=1S/C11H18O3/c1-4-5-6-10(12)7-11(13)14-8-9(2)3/h4,9H,1,5-8H2,2-3H3. The zero-order valence-electron chi connectivity index (χ0n) is 8.91. The molecular weight excluding hydrogens is 180 g/mol. The second-order valence-electron chi connectivity index (χ2n) is 3.62. The molecule has 0 aromatic carbocycles. The van der Waals surface area contributed by atoms with Crippen LogP contribution >= 0.6 is 0 Å². The number of carbonyl (C=O) groups is 2. The van der Waals surface area contributed by atoms with Gasteiger partial charge in [-0.15, -0.1) is 6.58 Å². The van der Waals surface area contributed by atoms with Crippen LogP contribution < -0.4 is 0 Å². The summed E-state index contributed by atoms with van der Waals surface area (Å²) < 4.78 is 4.87. The van der Waals surface area contributed by atoms with E-state index in [4.69, 9.17) is 4.74 Å². The van der Waals surface area contributed by atoms with Gasteiger partial charge in [-0.25, -0.2) is 0 Å². The Balaban J connectivity index is 3.60. The van der Waals surface area contributed by atoms with Crippen molar-refractivity contribution in [2.75, 3.05) is 6.61 Å². The third-order valence-corrected chi connectivity index (χ3v) is 1.55. The van der Waals surface area contributed by atoms with Crippen molar-refractivity contribution in [3.8, 4) is 0 Å². The second-order valence-corrected chi connectivity index (χ2v) is 3.62. The minimum Gasteiger partial charge on any atom is -0.465 e. The maximum absolute atomic E-state index is 11.1. The molecule has 0 rings (SSSR count). The van der Waals surface area contributed by atoms with E-state index in [0.29, 0.717) is 25.4 Å². The van der Waals surface area contributed by atoms with E-state index < -0.39 is 5.97 Å². The van der Waals surface area contributed by atoms with Crippen LogP contribution in [0.4, 0.5) is 0 Å². The Morgan fingerprint density at radius 3 is 2.57 bits per heavy atom. The molecule has 0 saturated carbocycles. The molecule has 0 aromatic rings. The van der Waals surface area contributed by atoms with Gasteiger partial charge in [0.25, 0.3) is 0 Å². The number of ether oxygens (including phenoxy) is 1. The Labute approximate surface area is 85.1 Å². The first kappa shape index (κ1) is 12.9. The number of Topliss-reactive ketones (excluding diaryl/α,β-unsaturated/α-hetero) is 1. The molecule has 0 aliphatic rings. The predicted molar refractivity (Wildman–Crippen MR) is 54.9 cm³/mol. The third-order valence-electron chi connectivity index (χ3n) is 1.55. The summed E-state index contributed by atoms with van der Waals surface area (Å²) in [7, 11) is 0. The van der Waals surface area contributed by atoms with E-state index in [1.165, 1.54) is 0 Å². The molecular formula is C11H18O3. The largest absolute Gasteiger partial charge is 0.465 e. The summed E-state index contributed by atoms with van der Waals surface area (Å²) in [6.45, 7) is 7.79. The van der Waals surface area contributed by atoms with E-state index >= 15 is 0 Å². The maximum Gasteiger partial charge on any atom is 0.313 e. The van der Waals surface area contributed by atoms with Gasteiger partial charge < -0.3 is 4.74 Å². The summed E-state index contributed by atoms with van der Waals surface area (Å²) in [4.78, 5) is 22.2. The molecule has 3 heteroatoms. The number of allylic oxidation sites excluding steroid dienone is 1. The van der Waals surface area contributed by atoms with Gasteiger partial charge in [0.05, 0.1) is 6.61 Å². The first-order chi connectivity index (χ1) is 6.56. The quantitative estimate of drug-likeness (QED) is 0.357. The fraction of sp³-hybridized carbons (Fsp3) is 0.636.